The molecule has 0 aliphatic heterocycles. The Bertz CT molecular complexity index is 901. The molecule has 0 saturated carbocycles. The molecule has 0 heterocycles. The maximum Gasteiger partial charge on any atom is 0.331 e. The Kier molecular flexibility index (Phi) is 10.7. The maximum atomic E-state index is 13.8. The molecule has 3 N–H and O–H groups in total. The van der Waals surface area contributed by atoms with Crippen LogP contribution in [-0.4, -0.2) is 60.0 Å². The summed E-state index contributed by atoms with van der Waals surface area (Å²) < 4.78 is 0. The van der Waals surface area contributed by atoms with Gasteiger partial charge in [-0.3, -0.25) is 9.59 Å². The van der Waals surface area contributed by atoms with E-state index in [0.717, 1.165) is 5.56 Å². The predicted molar refractivity (Wildman–Crippen MR) is 141 cm³/mol. The van der Waals surface area contributed by atoms with E-state index < -0.39 is 34.9 Å². The Hall–Kier alpha value is -2.67. The summed E-state index contributed by atoms with van der Waals surface area (Å²) in [7, 11) is 3.42. The van der Waals surface area contributed by atoms with Crippen molar-refractivity contribution in [3.63, 3.8) is 0 Å². The Morgan fingerprint density at radius 3 is 1.97 bits per heavy atom. The number of hydrogen-bond acceptors (Lipinski definition) is 4. The molecule has 1 unspecified atom stereocenters. The molecule has 0 saturated heterocycles. The summed E-state index contributed by atoms with van der Waals surface area (Å²) in [5.74, 6) is -1.52. The van der Waals surface area contributed by atoms with E-state index in [4.69, 9.17) is 0 Å². The minimum absolute atomic E-state index is 0.0109. The molecule has 2 amide bonds. The van der Waals surface area contributed by atoms with Gasteiger partial charge in [0.05, 0.1) is 12.1 Å². The minimum atomic E-state index is -0.986. The zero-order chi connectivity index (χ0) is 27.1. The highest BCUT2D eigenvalue weighted by atomic mass is 16.4. The van der Waals surface area contributed by atoms with Crippen molar-refractivity contribution < 1.29 is 19.5 Å². The van der Waals surface area contributed by atoms with Crippen molar-refractivity contribution in [2.75, 3.05) is 14.1 Å². The van der Waals surface area contributed by atoms with E-state index in [0.29, 0.717) is 6.42 Å². The van der Waals surface area contributed by atoms with Crippen LogP contribution in [0, 0.1) is 11.3 Å². The molecule has 3 atom stereocenters. The third kappa shape index (κ3) is 7.66. The molecular weight excluding hydrogens is 442 g/mol. The van der Waals surface area contributed by atoms with Crippen LogP contribution in [0.1, 0.15) is 67.4 Å². The summed E-state index contributed by atoms with van der Waals surface area (Å²) in [6.07, 6.45) is 2.01. The topological polar surface area (TPSA) is 98.7 Å². The van der Waals surface area contributed by atoms with Crippen LogP contribution < -0.4 is 10.6 Å². The fraction of sp³-hybridized carbons (Fsp3) is 0.607. The standard InChI is InChI=1S/C28H45N3O4/c1-11-19(26(34)35)17-21(18(2)3)31(10)25(33)23(27(4,5)6)30-24(32)22(29-9)28(7,8)20-15-13-12-14-16-20/h12-18,21-23,29H,11H2,1-10H3,(H,30,32)(H,34,35)/b19-17+/t21-,22-,23?/m1/s1. The molecule has 0 bridgehead atoms. The Labute approximate surface area is 211 Å². The van der Waals surface area contributed by atoms with E-state index in [9.17, 15) is 19.5 Å². The second kappa shape index (κ2) is 12.3. The Balaban J connectivity index is 3.32. The molecule has 0 aliphatic carbocycles. The number of benzene rings is 1. The van der Waals surface area contributed by atoms with Crippen LogP contribution in [0.3, 0.4) is 0 Å². The van der Waals surface area contributed by atoms with Crippen molar-refractivity contribution in [2.45, 2.75) is 85.4 Å². The molecule has 1 aromatic carbocycles. The number of carbonyl (C=O) groups excluding carboxylic acids is 2. The lowest BCUT2D eigenvalue weighted by atomic mass is 9.76. The zero-order valence-electron chi connectivity index (χ0n) is 23.1. The predicted octanol–water partition coefficient (Wildman–Crippen LogP) is 3.99. The van der Waals surface area contributed by atoms with Crippen LogP contribution in [0.5, 0.6) is 0 Å². The fourth-order valence-electron chi connectivity index (χ4n) is 4.38. The van der Waals surface area contributed by atoms with Gasteiger partial charge in [-0.15, -0.1) is 0 Å². The van der Waals surface area contributed by atoms with Gasteiger partial charge in [0, 0.05) is 18.0 Å². The molecule has 1 rings (SSSR count). The average Bonchev–Trinajstić information content (AvgIpc) is 2.76. The first-order valence-electron chi connectivity index (χ1n) is 12.3. The first-order valence-corrected chi connectivity index (χ1v) is 12.3. The summed E-state index contributed by atoms with van der Waals surface area (Å²) in [6.45, 7) is 15.4. The lowest BCUT2D eigenvalue weighted by molar-refractivity contribution is -0.141. The van der Waals surface area contributed by atoms with Crippen molar-refractivity contribution in [3.05, 3.63) is 47.5 Å². The van der Waals surface area contributed by atoms with Crippen molar-refractivity contribution in [2.24, 2.45) is 11.3 Å². The Morgan fingerprint density at radius 2 is 1.57 bits per heavy atom. The third-order valence-corrected chi connectivity index (χ3v) is 6.70. The second-order valence-electron chi connectivity index (χ2n) is 11.2. The van der Waals surface area contributed by atoms with Gasteiger partial charge in [-0.25, -0.2) is 4.79 Å². The number of carbonyl (C=O) groups is 3. The van der Waals surface area contributed by atoms with Crippen LogP contribution in [0.25, 0.3) is 0 Å². The van der Waals surface area contributed by atoms with Crippen molar-refractivity contribution in [3.8, 4) is 0 Å². The normalized spacial score (nSPS) is 15.3. The van der Waals surface area contributed by atoms with Crippen molar-refractivity contribution >= 4 is 17.8 Å². The first kappa shape index (κ1) is 30.4. The number of likely N-dealkylation sites (N-methyl/N-ethyl adjacent to an activating group) is 2. The summed E-state index contributed by atoms with van der Waals surface area (Å²) in [6, 6.07) is 8.01. The summed E-state index contributed by atoms with van der Waals surface area (Å²) >= 11 is 0. The molecule has 0 radical (unpaired) electrons. The maximum absolute atomic E-state index is 13.8. The zero-order valence-corrected chi connectivity index (χ0v) is 23.1. The monoisotopic (exact) mass is 487 g/mol. The van der Waals surface area contributed by atoms with Gasteiger partial charge in [0.15, 0.2) is 0 Å². The van der Waals surface area contributed by atoms with Gasteiger partial charge in [0.25, 0.3) is 0 Å². The van der Waals surface area contributed by atoms with E-state index in [-0.39, 0.29) is 23.3 Å². The Morgan fingerprint density at radius 1 is 1.03 bits per heavy atom. The second-order valence-corrected chi connectivity index (χ2v) is 11.2. The third-order valence-electron chi connectivity index (χ3n) is 6.70. The van der Waals surface area contributed by atoms with Crippen LogP contribution in [0.15, 0.2) is 42.0 Å². The largest absolute Gasteiger partial charge is 0.478 e. The number of aliphatic carboxylic acids is 1. The van der Waals surface area contributed by atoms with E-state index in [2.05, 4.69) is 10.6 Å². The smallest absolute Gasteiger partial charge is 0.331 e. The van der Waals surface area contributed by atoms with Crippen LogP contribution in [0.2, 0.25) is 0 Å². The van der Waals surface area contributed by atoms with Gasteiger partial charge in [-0.05, 0) is 30.4 Å². The molecule has 0 fully saturated rings. The highest BCUT2D eigenvalue weighted by Crippen LogP contribution is 2.29. The van der Waals surface area contributed by atoms with Crippen molar-refractivity contribution in [1.29, 1.82) is 0 Å². The number of carboxylic acid groups (broad SMARTS) is 1. The van der Waals surface area contributed by atoms with Gasteiger partial charge >= 0.3 is 5.97 Å². The van der Waals surface area contributed by atoms with E-state index in [1.807, 2.05) is 78.8 Å². The number of hydrogen-bond donors (Lipinski definition) is 3. The summed E-state index contributed by atoms with van der Waals surface area (Å²) in [5, 5.41) is 15.7. The van der Waals surface area contributed by atoms with Gasteiger partial charge < -0.3 is 20.6 Å². The molecule has 0 aliphatic rings. The molecule has 1 aromatic rings. The molecule has 35 heavy (non-hydrogen) atoms. The summed E-state index contributed by atoms with van der Waals surface area (Å²) in [4.78, 5) is 40.5. The highest BCUT2D eigenvalue weighted by Gasteiger charge is 2.41. The highest BCUT2D eigenvalue weighted by molar-refractivity contribution is 5.91. The molecule has 7 nitrogen and oxygen atoms in total. The molecule has 7 heteroatoms. The summed E-state index contributed by atoms with van der Waals surface area (Å²) in [5.41, 5.74) is 0.176. The lowest BCUT2D eigenvalue weighted by Gasteiger charge is -2.40. The van der Waals surface area contributed by atoms with Gasteiger partial charge in [-0.1, -0.05) is 91.8 Å². The van der Waals surface area contributed by atoms with E-state index >= 15 is 0 Å². The first-order chi connectivity index (χ1) is 16.1. The molecule has 196 valence electrons. The van der Waals surface area contributed by atoms with Crippen LogP contribution >= 0.6 is 0 Å². The SMILES string of the molecule is CC/C(=C\[C@H](C(C)C)N(C)C(=O)C(NC(=O)[C@@H](NC)C(C)(C)c1ccccc1)C(C)(C)C)C(=O)O. The quantitative estimate of drug-likeness (QED) is 0.410. The number of nitrogens with one attached hydrogen (secondary N) is 2. The molecule has 0 spiro atoms. The van der Waals surface area contributed by atoms with Gasteiger partial charge in [-0.2, -0.15) is 0 Å². The number of rotatable bonds is 11. The average molecular weight is 488 g/mol. The molecular formula is C28H45N3O4. The number of amides is 2. The van der Waals surface area contributed by atoms with Crippen LogP contribution in [0.4, 0.5) is 0 Å². The van der Waals surface area contributed by atoms with Gasteiger partial charge in [0.1, 0.15) is 6.04 Å². The fourth-order valence-corrected chi connectivity index (χ4v) is 4.38. The minimum Gasteiger partial charge on any atom is -0.478 e. The van der Waals surface area contributed by atoms with Crippen LogP contribution in [-0.2, 0) is 19.8 Å². The van der Waals surface area contributed by atoms with Gasteiger partial charge in [0.2, 0.25) is 11.8 Å². The van der Waals surface area contributed by atoms with Crippen molar-refractivity contribution in [1.82, 2.24) is 15.5 Å². The number of carboxylic acids is 1. The van der Waals surface area contributed by atoms with E-state index in [1.165, 1.54) is 0 Å². The van der Waals surface area contributed by atoms with E-state index in [1.54, 1.807) is 32.0 Å². The lowest BCUT2D eigenvalue weighted by Crippen LogP contribution is -2.61. The number of nitrogens with zero attached hydrogens (tertiary/aromatic N) is 1. The molecule has 0 aromatic heterocycles.